The topological polar surface area (TPSA) is 69.1 Å². The van der Waals surface area contributed by atoms with Crippen LogP contribution in [0.2, 0.25) is 5.02 Å². The second kappa shape index (κ2) is 8.32. The average molecular weight is 476 g/mol. The van der Waals surface area contributed by atoms with E-state index in [1.54, 1.807) is 12.1 Å². The number of rotatable bonds is 5. The number of hydrogen-bond donors (Lipinski definition) is 1. The highest BCUT2D eigenvalue weighted by atomic mass is 79.9. The molecule has 6 nitrogen and oxygen atoms in total. The fraction of sp³-hybridized carbons (Fsp3) is 0.222. The quantitative estimate of drug-likeness (QED) is 0.690. The molecule has 0 unspecified atom stereocenters. The van der Waals surface area contributed by atoms with Crippen molar-refractivity contribution in [3.05, 3.63) is 51.0 Å². The number of hydrogen-bond acceptors (Lipinski definition) is 5. The fourth-order valence-corrected chi connectivity index (χ4v) is 3.38. The molecule has 0 aliphatic carbocycles. The van der Waals surface area contributed by atoms with E-state index in [1.807, 2.05) is 0 Å². The first-order valence-electron chi connectivity index (χ1n) is 7.94. The van der Waals surface area contributed by atoms with Crippen LogP contribution in [0.1, 0.15) is 12.0 Å². The Hall–Kier alpha value is -2.39. The van der Waals surface area contributed by atoms with Crippen LogP contribution in [-0.4, -0.2) is 31.9 Å². The fourth-order valence-electron chi connectivity index (χ4n) is 2.63. The Morgan fingerprint density at radius 3 is 2.61 bits per heavy atom. The van der Waals surface area contributed by atoms with E-state index in [0.717, 1.165) is 6.07 Å². The highest BCUT2D eigenvalue weighted by Crippen LogP contribution is 2.35. The van der Waals surface area contributed by atoms with Gasteiger partial charge in [0, 0.05) is 28.6 Å². The van der Waals surface area contributed by atoms with Crippen molar-refractivity contribution in [3.63, 3.8) is 0 Å². The summed E-state index contributed by atoms with van der Waals surface area (Å²) in [6.45, 7) is 0. The predicted molar refractivity (Wildman–Crippen MR) is 103 cm³/mol. The van der Waals surface area contributed by atoms with Gasteiger partial charge in [-0.05, 0) is 28.1 Å². The Bertz CT molecular complexity index is 948. The molecule has 1 N–H and O–H groups in total. The van der Waals surface area contributed by atoms with E-state index in [2.05, 4.69) is 26.4 Å². The van der Waals surface area contributed by atoms with Crippen molar-refractivity contribution in [1.82, 2.24) is 0 Å². The number of carbonyl (C=O) groups is 1. The molecule has 0 radical (unpaired) electrons. The SMILES string of the molecule is COc1cc(OC)c(C2=NO[C@@H](C(=O)Nc3c(F)cc(F)cc3Br)C2)cc1Cl. The van der Waals surface area contributed by atoms with E-state index in [1.165, 1.54) is 14.2 Å². The minimum absolute atomic E-state index is 0.0705. The number of anilines is 1. The number of benzene rings is 2. The van der Waals surface area contributed by atoms with Crippen molar-refractivity contribution in [3.8, 4) is 11.5 Å². The number of nitrogens with zero attached hydrogens (tertiary/aromatic N) is 1. The maximum Gasteiger partial charge on any atom is 0.268 e. The molecule has 0 bridgehead atoms. The second-order valence-electron chi connectivity index (χ2n) is 5.76. The largest absolute Gasteiger partial charge is 0.496 e. The summed E-state index contributed by atoms with van der Waals surface area (Å²) in [6.07, 6.45) is -0.900. The van der Waals surface area contributed by atoms with Crippen molar-refractivity contribution >= 4 is 44.8 Å². The third-order valence-electron chi connectivity index (χ3n) is 4.00. The van der Waals surface area contributed by atoms with Gasteiger partial charge in [0.05, 0.1) is 30.6 Å². The lowest BCUT2D eigenvalue weighted by atomic mass is 10.0. The van der Waals surface area contributed by atoms with Crippen LogP contribution in [0.3, 0.4) is 0 Å². The van der Waals surface area contributed by atoms with Crippen LogP contribution in [0.15, 0.2) is 33.9 Å². The molecule has 1 amide bonds. The molecule has 2 aromatic carbocycles. The standard InChI is InChI=1S/C18H14BrClF2N2O4/c1-26-14-7-15(27-2)11(20)5-9(14)13-6-16(28-24-13)18(25)23-17-10(19)3-8(21)4-12(17)22/h3-5,7,16H,6H2,1-2H3,(H,23,25)/t16-/m1/s1. The van der Waals surface area contributed by atoms with Gasteiger partial charge in [-0.2, -0.15) is 0 Å². The van der Waals surface area contributed by atoms with Crippen LogP contribution in [-0.2, 0) is 9.63 Å². The van der Waals surface area contributed by atoms with Crippen LogP contribution >= 0.6 is 27.5 Å². The molecule has 1 atom stereocenters. The first-order valence-corrected chi connectivity index (χ1v) is 9.11. The Kier molecular flexibility index (Phi) is 6.04. The van der Waals surface area contributed by atoms with E-state index in [9.17, 15) is 13.6 Å². The van der Waals surface area contributed by atoms with Crippen LogP contribution < -0.4 is 14.8 Å². The molecule has 28 heavy (non-hydrogen) atoms. The van der Waals surface area contributed by atoms with Gasteiger partial charge in [-0.1, -0.05) is 16.8 Å². The van der Waals surface area contributed by atoms with Crippen molar-refractivity contribution in [1.29, 1.82) is 0 Å². The smallest absolute Gasteiger partial charge is 0.268 e. The molecule has 0 saturated heterocycles. The maximum atomic E-state index is 13.9. The number of ether oxygens (including phenoxy) is 2. The predicted octanol–water partition coefficient (Wildman–Crippen LogP) is 4.53. The first kappa shape index (κ1) is 20.3. The molecule has 0 spiro atoms. The second-order valence-corrected chi connectivity index (χ2v) is 7.02. The van der Waals surface area contributed by atoms with Crippen molar-refractivity contribution < 1.29 is 27.9 Å². The molecule has 0 fully saturated rings. The zero-order valence-corrected chi connectivity index (χ0v) is 17.0. The summed E-state index contributed by atoms with van der Waals surface area (Å²) in [5.74, 6) is -1.45. The molecule has 0 saturated carbocycles. The first-order chi connectivity index (χ1) is 13.3. The summed E-state index contributed by atoms with van der Waals surface area (Å²) >= 11 is 9.17. The summed E-state index contributed by atoms with van der Waals surface area (Å²) in [7, 11) is 2.95. The van der Waals surface area contributed by atoms with Crippen molar-refractivity contribution in [2.24, 2.45) is 5.16 Å². The van der Waals surface area contributed by atoms with Gasteiger partial charge in [-0.3, -0.25) is 4.79 Å². The summed E-state index contributed by atoms with van der Waals surface area (Å²) in [6, 6.07) is 4.90. The Balaban J connectivity index is 1.77. The monoisotopic (exact) mass is 474 g/mol. The molecule has 10 heteroatoms. The number of methoxy groups -OCH3 is 2. The van der Waals surface area contributed by atoms with Gasteiger partial charge in [0.1, 0.15) is 17.3 Å². The van der Waals surface area contributed by atoms with E-state index in [4.69, 9.17) is 25.9 Å². The van der Waals surface area contributed by atoms with Gasteiger partial charge in [-0.25, -0.2) is 8.78 Å². The summed E-state index contributed by atoms with van der Waals surface area (Å²) in [5.41, 5.74) is 0.784. The number of carbonyl (C=O) groups excluding carboxylic acids is 1. The lowest BCUT2D eigenvalue weighted by Crippen LogP contribution is -2.28. The minimum atomic E-state index is -1.00. The zero-order valence-electron chi connectivity index (χ0n) is 14.7. The van der Waals surface area contributed by atoms with E-state index < -0.39 is 23.6 Å². The van der Waals surface area contributed by atoms with Crippen LogP contribution in [0, 0.1) is 11.6 Å². The van der Waals surface area contributed by atoms with Gasteiger partial charge < -0.3 is 19.6 Å². The molecular weight excluding hydrogens is 462 g/mol. The molecular formula is C18H14BrClF2N2O4. The zero-order chi connectivity index (χ0) is 20.4. The lowest BCUT2D eigenvalue weighted by Gasteiger charge is -2.13. The molecule has 1 heterocycles. The number of nitrogens with one attached hydrogen (secondary N) is 1. The maximum absolute atomic E-state index is 13.9. The van der Waals surface area contributed by atoms with Gasteiger partial charge in [0.25, 0.3) is 5.91 Å². The Labute approximate surface area is 172 Å². The number of amides is 1. The third kappa shape index (κ3) is 4.05. The highest BCUT2D eigenvalue weighted by Gasteiger charge is 2.31. The van der Waals surface area contributed by atoms with Gasteiger partial charge in [-0.15, -0.1) is 0 Å². The highest BCUT2D eigenvalue weighted by molar-refractivity contribution is 9.10. The molecule has 148 valence electrons. The Morgan fingerprint density at radius 1 is 1.25 bits per heavy atom. The van der Waals surface area contributed by atoms with Crippen LogP contribution in [0.25, 0.3) is 0 Å². The summed E-state index contributed by atoms with van der Waals surface area (Å²) in [5, 5.41) is 6.64. The van der Waals surface area contributed by atoms with Crippen molar-refractivity contribution in [2.75, 3.05) is 19.5 Å². The van der Waals surface area contributed by atoms with Crippen LogP contribution in [0.4, 0.5) is 14.5 Å². The third-order valence-corrected chi connectivity index (χ3v) is 4.92. The molecule has 1 aliphatic rings. The van der Waals surface area contributed by atoms with Crippen molar-refractivity contribution in [2.45, 2.75) is 12.5 Å². The van der Waals surface area contributed by atoms with Crippen LogP contribution in [0.5, 0.6) is 11.5 Å². The summed E-state index contributed by atoms with van der Waals surface area (Å²) in [4.78, 5) is 17.6. The van der Waals surface area contributed by atoms with Gasteiger partial charge in [0.15, 0.2) is 5.82 Å². The average Bonchev–Trinajstić information content (AvgIpc) is 3.14. The number of halogens is 4. The van der Waals surface area contributed by atoms with Gasteiger partial charge in [0.2, 0.25) is 6.10 Å². The van der Waals surface area contributed by atoms with E-state index in [-0.39, 0.29) is 16.6 Å². The number of oxime groups is 1. The van der Waals surface area contributed by atoms with E-state index >= 15 is 0 Å². The molecule has 2 aromatic rings. The normalized spacial score (nSPS) is 15.6. The van der Waals surface area contributed by atoms with Gasteiger partial charge >= 0.3 is 0 Å². The minimum Gasteiger partial charge on any atom is -0.496 e. The molecule has 0 aromatic heterocycles. The summed E-state index contributed by atoms with van der Waals surface area (Å²) < 4.78 is 37.6. The molecule has 1 aliphatic heterocycles. The lowest BCUT2D eigenvalue weighted by molar-refractivity contribution is -0.125. The van der Waals surface area contributed by atoms with E-state index in [0.29, 0.717) is 33.9 Å². The Morgan fingerprint density at radius 2 is 1.96 bits per heavy atom. The molecule has 3 rings (SSSR count).